The topological polar surface area (TPSA) is 74.8 Å². The first kappa shape index (κ1) is 18.0. The van der Waals surface area contributed by atoms with E-state index in [0.717, 1.165) is 18.9 Å². The van der Waals surface area contributed by atoms with E-state index in [1.54, 1.807) is 27.0 Å². The molecule has 0 saturated carbocycles. The molecule has 2 amide bonds. The number of carbonyl (C=O) groups is 2. The van der Waals surface area contributed by atoms with Crippen molar-refractivity contribution >= 4 is 17.8 Å². The molecule has 24 heavy (non-hydrogen) atoms. The van der Waals surface area contributed by atoms with Crippen LogP contribution in [-0.2, 0) is 9.53 Å². The SMILES string of the molecule is CC(C)(C)OC(=O)NCCC(=O)N1CCN(c2ccccn2)CC1. The number of aromatic nitrogens is 1. The molecule has 1 aliphatic rings. The minimum atomic E-state index is -0.532. The number of hydrogen-bond donors (Lipinski definition) is 1. The van der Waals surface area contributed by atoms with Gasteiger partial charge >= 0.3 is 6.09 Å². The Kier molecular flexibility index (Phi) is 6.00. The maximum Gasteiger partial charge on any atom is 0.407 e. The minimum Gasteiger partial charge on any atom is -0.444 e. The summed E-state index contributed by atoms with van der Waals surface area (Å²) in [5, 5.41) is 2.61. The molecule has 132 valence electrons. The predicted octanol–water partition coefficient (Wildman–Crippen LogP) is 1.64. The average Bonchev–Trinajstić information content (AvgIpc) is 2.54. The van der Waals surface area contributed by atoms with E-state index in [2.05, 4.69) is 15.2 Å². The van der Waals surface area contributed by atoms with Crippen molar-refractivity contribution in [2.75, 3.05) is 37.6 Å². The van der Waals surface area contributed by atoms with Crippen molar-refractivity contribution in [1.29, 1.82) is 0 Å². The lowest BCUT2D eigenvalue weighted by Crippen LogP contribution is -2.49. The largest absolute Gasteiger partial charge is 0.444 e. The second kappa shape index (κ2) is 7.99. The first-order valence-corrected chi connectivity index (χ1v) is 8.26. The molecule has 7 heteroatoms. The summed E-state index contributed by atoms with van der Waals surface area (Å²) in [5.41, 5.74) is -0.532. The fourth-order valence-electron chi connectivity index (χ4n) is 2.47. The summed E-state index contributed by atoms with van der Waals surface area (Å²) in [6.45, 7) is 8.57. The van der Waals surface area contributed by atoms with Gasteiger partial charge in [-0.25, -0.2) is 9.78 Å². The number of pyridine rings is 1. The predicted molar refractivity (Wildman–Crippen MR) is 91.9 cm³/mol. The van der Waals surface area contributed by atoms with Crippen molar-refractivity contribution < 1.29 is 14.3 Å². The third-order valence-corrected chi connectivity index (χ3v) is 3.61. The van der Waals surface area contributed by atoms with Gasteiger partial charge in [-0.05, 0) is 32.9 Å². The number of carbonyl (C=O) groups excluding carboxylic acids is 2. The Morgan fingerprint density at radius 2 is 1.92 bits per heavy atom. The van der Waals surface area contributed by atoms with Gasteiger partial charge in [-0.1, -0.05) is 6.07 Å². The highest BCUT2D eigenvalue weighted by Gasteiger charge is 2.22. The van der Waals surface area contributed by atoms with Crippen LogP contribution in [0.1, 0.15) is 27.2 Å². The second-order valence-electron chi connectivity index (χ2n) is 6.73. The highest BCUT2D eigenvalue weighted by Crippen LogP contribution is 2.13. The molecule has 1 N–H and O–H groups in total. The number of anilines is 1. The van der Waals surface area contributed by atoms with Crippen LogP contribution in [-0.4, -0.2) is 60.2 Å². The lowest BCUT2D eigenvalue weighted by Gasteiger charge is -2.35. The van der Waals surface area contributed by atoms with Crippen LogP contribution in [0.5, 0.6) is 0 Å². The number of rotatable bonds is 4. The molecule has 1 saturated heterocycles. The van der Waals surface area contributed by atoms with E-state index in [1.165, 1.54) is 0 Å². The molecule has 1 aromatic rings. The summed E-state index contributed by atoms with van der Waals surface area (Å²) in [6, 6.07) is 5.82. The standard InChI is InChI=1S/C17H26N4O3/c1-17(2,3)24-16(23)19-9-7-15(22)21-12-10-20(11-13-21)14-6-4-5-8-18-14/h4-6,8H,7,9-13H2,1-3H3,(H,19,23). The van der Waals surface area contributed by atoms with Crippen LogP contribution in [0.2, 0.25) is 0 Å². The van der Waals surface area contributed by atoms with Gasteiger partial charge in [0.25, 0.3) is 0 Å². The lowest BCUT2D eigenvalue weighted by atomic mass is 10.2. The maximum atomic E-state index is 12.2. The van der Waals surface area contributed by atoms with Crippen LogP contribution in [0.3, 0.4) is 0 Å². The number of amides is 2. The molecule has 2 heterocycles. The van der Waals surface area contributed by atoms with Crippen LogP contribution in [0.4, 0.5) is 10.6 Å². The van der Waals surface area contributed by atoms with E-state index in [-0.39, 0.29) is 18.9 Å². The van der Waals surface area contributed by atoms with Gasteiger partial charge in [0.15, 0.2) is 0 Å². The van der Waals surface area contributed by atoms with Crippen molar-refractivity contribution in [2.45, 2.75) is 32.8 Å². The Morgan fingerprint density at radius 3 is 2.50 bits per heavy atom. The molecule has 7 nitrogen and oxygen atoms in total. The normalized spacial score (nSPS) is 15.1. The Morgan fingerprint density at radius 1 is 1.21 bits per heavy atom. The first-order chi connectivity index (χ1) is 11.3. The van der Waals surface area contributed by atoms with Crippen molar-refractivity contribution in [1.82, 2.24) is 15.2 Å². The Bertz CT molecular complexity index is 549. The average molecular weight is 334 g/mol. The molecule has 0 atom stereocenters. The van der Waals surface area contributed by atoms with Gasteiger partial charge in [0.05, 0.1) is 0 Å². The molecule has 0 unspecified atom stereocenters. The van der Waals surface area contributed by atoms with Crippen molar-refractivity contribution in [2.24, 2.45) is 0 Å². The molecule has 0 radical (unpaired) electrons. The van der Waals surface area contributed by atoms with E-state index < -0.39 is 11.7 Å². The van der Waals surface area contributed by atoms with Crippen LogP contribution >= 0.6 is 0 Å². The fourth-order valence-corrected chi connectivity index (χ4v) is 2.47. The zero-order valence-corrected chi connectivity index (χ0v) is 14.6. The highest BCUT2D eigenvalue weighted by molar-refractivity contribution is 5.77. The van der Waals surface area contributed by atoms with Gasteiger partial charge in [0.2, 0.25) is 5.91 Å². The molecule has 1 fully saturated rings. The molecule has 2 rings (SSSR count). The first-order valence-electron chi connectivity index (χ1n) is 8.26. The fraction of sp³-hybridized carbons (Fsp3) is 0.588. The lowest BCUT2D eigenvalue weighted by molar-refractivity contribution is -0.131. The number of alkyl carbamates (subject to hydrolysis) is 1. The zero-order chi connectivity index (χ0) is 17.6. The monoisotopic (exact) mass is 334 g/mol. The Hall–Kier alpha value is -2.31. The highest BCUT2D eigenvalue weighted by atomic mass is 16.6. The Labute approximate surface area is 143 Å². The van der Waals surface area contributed by atoms with Gasteiger partial charge in [0.1, 0.15) is 11.4 Å². The Balaban J connectivity index is 1.69. The molecular formula is C17H26N4O3. The van der Waals surface area contributed by atoms with Gasteiger partial charge in [-0.2, -0.15) is 0 Å². The van der Waals surface area contributed by atoms with Crippen LogP contribution in [0, 0.1) is 0 Å². The van der Waals surface area contributed by atoms with Crippen LogP contribution < -0.4 is 10.2 Å². The van der Waals surface area contributed by atoms with Crippen LogP contribution in [0.15, 0.2) is 24.4 Å². The number of piperazine rings is 1. The molecular weight excluding hydrogens is 308 g/mol. The number of nitrogens with one attached hydrogen (secondary N) is 1. The molecule has 0 aromatic carbocycles. The molecule has 0 spiro atoms. The van der Waals surface area contributed by atoms with E-state index >= 15 is 0 Å². The van der Waals surface area contributed by atoms with Crippen molar-refractivity contribution in [3.8, 4) is 0 Å². The second-order valence-corrected chi connectivity index (χ2v) is 6.73. The summed E-state index contributed by atoms with van der Waals surface area (Å²) in [6.07, 6.45) is 1.56. The summed E-state index contributed by atoms with van der Waals surface area (Å²) < 4.78 is 5.14. The van der Waals surface area contributed by atoms with Gasteiger partial charge in [-0.3, -0.25) is 4.79 Å². The molecule has 1 aliphatic heterocycles. The van der Waals surface area contributed by atoms with Crippen molar-refractivity contribution in [3.63, 3.8) is 0 Å². The maximum absolute atomic E-state index is 12.2. The molecule has 1 aromatic heterocycles. The third kappa shape index (κ3) is 5.72. The van der Waals surface area contributed by atoms with E-state index in [9.17, 15) is 9.59 Å². The van der Waals surface area contributed by atoms with Gasteiger partial charge in [-0.15, -0.1) is 0 Å². The van der Waals surface area contributed by atoms with Gasteiger partial charge in [0, 0.05) is 45.3 Å². The zero-order valence-electron chi connectivity index (χ0n) is 14.6. The molecule has 0 bridgehead atoms. The van der Waals surface area contributed by atoms with E-state index in [4.69, 9.17) is 4.74 Å². The van der Waals surface area contributed by atoms with Gasteiger partial charge < -0.3 is 19.9 Å². The molecule has 0 aliphatic carbocycles. The number of hydrogen-bond acceptors (Lipinski definition) is 5. The summed E-state index contributed by atoms with van der Waals surface area (Å²) in [4.78, 5) is 32.1. The summed E-state index contributed by atoms with van der Waals surface area (Å²) in [7, 11) is 0. The van der Waals surface area contributed by atoms with Crippen molar-refractivity contribution in [3.05, 3.63) is 24.4 Å². The quantitative estimate of drug-likeness (QED) is 0.906. The number of nitrogens with zero attached hydrogens (tertiary/aromatic N) is 3. The minimum absolute atomic E-state index is 0.0479. The summed E-state index contributed by atoms with van der Waals surface area (Å²) in [5.74, 6) is 0.989. The van der Waals surface area contributed by atoms with E-state index in [0.29, 0.717) is 13.1 Å². The van der Waals surface area contributed by atoms with Crippen LogP contribution in [0.25, 0.3) is 0 Å². The van der Waals surface area contributed by atoms with E-state index in [1.807, 2.05) is 23.1 Å². The summed E-state index contributed by atoms with van der Waals surface area (Å²) >= 11 is 0. The smallest absolute Gasteiger partial charge is 0.407 e. The number of ether oxygens (including phenoxy) is 1. The third-order valence-electron chi connectivity index (χ3n) is 3.61.